The molecule has 1 fully saturated rings. The van der Waals surface area contributed by atoms with Crippen molar-refractivity contribution in [2.24, 2.45) is 0 Å². The second-order valence-electron chi connectivity index (χ2n) is 6.89. The number of carbonyl (C=O) groups excluding carboxylic acids is 1. The number of hydrogen-bond acceptors (Lipinski definition) is 7. The maximum atomic E-state index is 13.4. The van der Waals surface area contributed by atoms with Gasteiger partial charge in [-0.05, 0) is 24.3 Å². The first kappa shape index (κ1) is 20.3. The molecule has 0 spiro atoms. The molecule has 0 radical (unpaired) electrons. The molecule has 3 aromatic rings. The van der Waals surface area contributed by atoms with E-state index in [4.69, 9.17) is 4.74 Å². The zero-order valence-corrected chi connectivity index (χ0v) is 16.6. The summed E-state index contributed by atoms with van der Waals surface area (Å²) in [6, 6.07) is 9.97. The second kappa shape index (κ2) is 8.38. The van der Waals surface area contributed by atoms with Gasteiger partial charge in [0.25, 0.3) is 11.6 Å². The molecule has 0 aliphatic carbocycles. The Morgan fingerprint density at radius 1 is 1.10 bits per heavy atom. The van der Waals surface area contributed by atoms with Crippen LogP contribution in [0.3, 0.4) is 0 Å². The summed E-state index contributed by atoms with van der Waals surface area (Å²) < 4.78 is 18.6. The van der Waals surface area contributed by atoms with Gasteiger partial charge in [0.1, 0.15) is 5.82 Å². The zero-order valence-electron chi connectivity index (χ0n) is 16.6. The summed E-state index contributed by atoms with van der Waals surface area (Å²) in [6.07, 6.45) is 0. The summed E-state index contributed by atoms with van der Waals surface area (Å²) >= 11 is 0. The molecule has 10 nitrogen and oxygen atoms in total. The van der Waals surface area contributed by atoms with E-state index >= 15 is 0 Å². The van der Waals surface area contributed by atoms with Crippen LogP contribution in [0.25, 0.3) is 11.0 Å². The molecule has 31 heavy (non-hydrogen) atoms. The van der Waals surface area contributed by atoms with Crippen LogP contribution in [0.1, 0.15) is 0 Å². The Labute approximate surface area is 176 Å². The van der Waals surface area contributed by atoms with Gasteiger partial charge in [-0.25, -0.2) is 19.2 Å². The quantitative estimate of drug-likeness (QED) is 0.504. The molecule has 2 aromatic carbocycles. The number of nitro groups is 1. The number of amides is 2. The minimum atomic E-state index is -0.438. The molecule has 1 saturated heterocycles. The number of non-ortho nitro benzene ring substituents is 1. The highest BCUT2D eigenvalue weighted by molar-refractivity contribution is 5.91. The third-order valence-corrected chi connectivity index (χ3v) is 5.01. The van der Waals surface area contributed by atoms with E-state index in [1.54, 1.807) is 17.0 Å². The number of benzene rings is 2. The number of anilines is 2. The third-order valence-electron chi connectivity index (χ3n) is 5.01. The molecule has 4 rings (SSSR count). The summed E-state index contributed by atoms with van der Waals surface area (Å²) in [6.45, 7) is 2.06. The third kappa shape index (κ3) is 4.29. The van der Waals surface area contributed by atoms with E-state index < -0.39 is 10.7 Å². The number of nitro benzene ring substituents is 1. The van der Waals surface area contributed by atoms with Crippen molar-refractivity contribution in [1.82, 2.24) is 14.9 Å². The van der Waals surface area contributed by atoms with Gasteiger partial charge >= 0.3 is 6.03 Å². The fourth-order valence-electron chi connectivity index (χ4n) is 3.37. The second-order valence-corrected chi connectivity index (χ2v) is 6.89. The maximum absolute atomic E-state index is 13.4. The van der Waals surface area contributed by atoms with Crippen LogP contribution in [-0.2, 0) is 0 Å². The first-order chi connectivity index (χ1) is 14.9. The largest absolute Gasteiger partial charge is 0.478 e. The molecular weight excluding hydrogens is 407 g/mol. The maximum Gasteiger partial charge on any atom is 0.323 e. The summed E-state index contributed by atoms with van der Waals surface area (Å²) in [5.74, 6) is -0.188. The van der Waals surface area contributed by atoms with Crippen molar-refractivity contribution < 1.29 is 18.8 Å². The van der Waals surface area contributed by atoms with Gasteiger partial charge in [-0.15, -0.1) is 0 Å². The highest BCUT2D eigenvalue weighted by atomic mass is 19.1. The minimum absolute atomic E-state index is 0.0370. The van der Waals surface area contributed by atoms with E-state index in [0.717, 1.165) is 5.69 Å². The number of halogens is 1. The molecular formula is C20H19FN6O4. The van der Waals surface area contributed by atoms with E-state index in [0.29, 0.717) is 37.2 Å². The number of carbonyl (C=O) groups is 1. The Balaban J connectivity index is 1.42. The van der Waals surface area contributed by atoms with Crippen LogP contribution >= 0.6 is 0 Å². The van der Waals surface area contributed by atoms with Crippen molar-refractivity contribution in [2.45, 2.75) is 0 Å². The molecule has 160 valence electrons. The van der Waals surface area contributed by atoms with Gasteiger partial charge in [0.2, 0.25) is 0 Å². The van der Waals surface area contributed by atoms with Crippen molar-refractivity contribution in [3.05, 3.63) is 58.4 Å². The van der Waals surface area contributed by atoms with Crippen molar-refractivity contribution >= 4 is 34.3 Å². The Morgan fingerprint density at radius 3 is 2.45 bits per heavy atom. The average molecular weight is 426 g/mol. The highest BCUT2D eigenvalue weighted by Gasteiger charge is 2.23. The van der Waals surface area contributed by atoms with E-state index in [9.17, 15) is 19.3 Å². The van der Waals surface area contributed by atoms with E-state index in [1.807, 2.05) is 0 Å². The lowest BCUT2D eigenvalue weighted by Crippen LogP contribution is -2.50. The lowest BCUT2D eigenvalue weighted by atomic mass is 10.2. The molecule has 0 saturated carbocycles. The number of methoxy groups -OCH3 is 1. The number of piperazine rings is 1. The summed E-state index contributed by atoms with van der Waals surface area (Å²) in [4.78, 5) is 35.3. The predicted octanol–water partition coefficient (Wildman–Crippen LogP) is 3.04. The molecule has 1 aliphatic heterocycles. The predicted molar refractivity (Wildman–Crippen MR) is 112 cm³/mol. The summed E-state index contributed by atoms with van der Waals surface area (Å²) in [5, 5.41) is 13.5. The first-order valence-electron chi connectivity index (χ1n) is 9.51. The van der Waals surface area contributed by atoms with Gasteiger partial charge in [0.15, 0.2) is 5.82 Å². The number of rotatable bonds is 4. The van der Waals surface area contributed by atoms with Crippen LogP contribution < -0.4 is 15.0 Å². The van der Waals surface area contributed by atoms with Gasteiger partial charge in [-0.1, -0.05) is 0 Å². The summed E-state index contributed by atoms with van der Waals surface area (Å²) in [5.41, 5.74) is 1.65. The lowest BCUT2D eigenvalue weighted by Gasteiger charge is -2.36. The van der Waals surface area contributed by atoms with Crippen LogP contribution in [-0.4, -0.2) is 59.1 Å². The number of aromatic nitrogens is 2. The average Bonchev–Trinajstić information content (AvgIpc) is 2.79. The van der Waals surface area contributed by atoms with Gasteiger partial charge in [-0.3, -0.25) is 15.4 Å². The molecule has 0 bridgehead atoms. The molecule has 2 amide bonds. The number of nitrogens with zero attached hydrogens (tertiary/aromatic N) is 5. The Hall–Kier alpha value is -4.02. The molecule has 2 heterocycles. The number of fused-ring (bicyclic) bond motifs is 1. The fourth-order valence-corrected chi connectivity index (χ4v) is 3.37. The molecule has 0 unspecified atom stereocenters. The molecule has 0 atom stereocenters. The van der Waals surface area contributed by atoms with Crippen LogP contribution in [0, 0.1) is 15.9 Å². The van der Waals surface area contributed by atoms with Gasteiger partial charge in [0, 0.05) is 50.1 Å². The standard InChI is InChI=1S/C20H19FN6O4/c1-31-19-18(22-16-7-2-13(21)12-17(16)23-19)24-20(28)26-10-8-25(9-11-26)14-3-5-15(6-4-14)27(29)30/h2-7,12H,8-11H2,1H3,(H,22,24,28). The highest BCUT2D eigenvalue weighted by Crippen LogP contribution is 2.25. The first-order valence-corrected chi connectivity index (χ1v) is 9.51. The van der Waals surface area contributed by atoms with Gasteiger partial charge < -0.3 is 14.5 Å². The van der Waals surface area contributed by atoms with Gasteiger partial charge in [-0.2, -0.15) is 0 Å². The number of urea groups is 1. The van der Waals surface area contributed by atoms with Crippen molar-refractivity contribution in [3.63, 3.8) is 0 Å². The fraction of sp³-hybridized carbons (Fsp3) is 0.250. The smallest absolute Gasteiger partial charge is 0.323 e. The lowest BCUT2D eigenvalue weighted by molar-refractivity contribution is -0.384. The zero-order chi connectivity index (χ0) is 22.0. The summed E-state index contributed by atoms with van der Waals surface area (Å²) in [7, 11) is 1.40. The molecule has 11 heteroatoms. The van der Waals surface area contributed by atoms with E-state index in [1.165, 1.54) is 37.4 Å². The van der Waals surface area contributed by atoms with Crippen molar-refractivity contribution in [3.8, 4) is 5.88 Å². The number of nitrogens with one attached hydrogen (secondary N) is 1. The number of hydrogen-bond donors (Lipinski definition) is 1. The Bertz CT molecular complexity index is 1130. The van der Waals surface area contributed by atoms with Crippen molar-refractivity contribution in [2.75, 3.05) is 43.5 Å². The van der Waals surface area contributed by atoms with Crippen LogP contribution in [0.5, 0.6) is 5.88 Å². The van der Waals surface area contributed by atoms with Gasteiger partial charge in [0.05, 0.1) is 23.1 Å². The van der Waals surface area contributed by atoms with Crippen LogP contribution in [0.2, 0.25) is 0 Å². The normalized spacial score (nSPS) is 13.9. The molecule has 1 aromatic heterocycles. The monoisotopic (exact) mass is 426 g/mol. The van der Waals surface area contributed by atoms with Crippen molar-refractivity contribution in [1.29, 1.82) is 0 Å². The molecule has 1 aliphatic rings. The number of ether oxygens (including phenoxy) is 1. The Kier molecular flexibility index (Phi) is 5.48. The molecule has 1 N–H and O–H groups in total. The van der Waals surface area contributed by atoms with Crippen LogP contribution in [0.15, 0.2) is 42.5 Å². The minimum Gasteiger partial charge on any atom is -0.478 e. The topological polar surface area (TPSA) is 114 Å². The SMILES string of the molecule is COc1nc2cc(F)ccc2nc1NC(=O)N1CCN(c2ccc([N+](=O)[O-])cc2)CC1. The van der Waals surface area contributed by atoms with E-state index in [-0.39, 0.29) is 23.4 Å². The van der Waals surface area contributed by atoms with Crippen LogP contribution in [0.4, 0.5) is 26.4 Å². The Morgan fingerprint density at radius 2 is 1.81 bits per heavy atom. The van der Waals surface area contributed by atoms with E-state index in [2.05, 4.69) is 20.2 Å².